The Bertz CT molecular complexity index is 309. The Morgan fingerprint density at radius 3 is 3.00 bits per heavy atom. The average molecular weight is 225 g/mol. The maximum Gasteiger partial charge on any atom is 0.0581 e. The standard InChI is InChI=1S/C9H9BrN2/c10-8-3-1-4-9(7-8)12-6-2-5-11-12/h1-4,6-7,11H,5H2. The summed E-state index contributed by atoms with van der Waals surface area (Å²) in [6.45, 7) is 0.909. The SMILES string of the molecule is Brc1cccc(N2C=CCN2)c1. The van der Waals surface area contributed by atoms with Crippen LogP contribution in [0.5, 0.6) is 0 Å². The molecule has 0 aliphatic carbocycles. The van der Waals surface area contributed by atoms with Crippen LogP contribution in [0, 0.1) is 0 Å². The van der Waals surface area contributed by atoms with Gasteiger partial charge in [-0.25, -0.2) is 5.43 Å². The third-order valence-corrected chi connectivity index (χ3v) is 2.21. The first-order valence-corrected chi connectivity index (χ1v) is 4.60. The first-order chi connectivity index (χ1) is 5.86. The lowest BCUT2D eigenvalue weighted by molar-refractivity contribution is 0.814. The van der Waals surface area contributed by atoms with Gasteiger partial charge in [0.15, 0.2) is 0 Å². The molecule has 0 bridgehead atoms. The number of benzene rings is 1. The van der Waals surface area contributed by atoms with E-state index >= 15 is 0 Å². The number of hydrogen-bond donors (Lipinski definition) is 1. The van der Waals surface area contributed by atoms with E-state index in [1.165, 1.54) is 0 Å². The zero-order chi connectivity index (χ0) is 8.39. The number of hydrazine groups is 1. The topological polar surface area (TPSA) is 15.3 Å². The maximum absolute atomic E-state index is 3.43. The second-order valence-corrected chi connectivity index (χ2v) is 3.51. The van der Waals surface area contributed by atoms with Crippen LogP contribution in [0.1, 0.15) is 0 Å². The predicted octanol–water partition coefficient (Wildman–Crippen LogP) is 2.29. The molecule has 1 heterocycles. The summed E-state index contributed by atoms with van der Waals surface area (Å²) in [7, 11) is 0. The van der Waals surface area contributed by atoms with Crippen LogP contribution in [0.2, 0.25) is 0 Å². The van der Waals surface area contributed by atoms with Crippen LogP contribution in [0.4, 0.5) is 5.69 Å². The number of hydrogen-bond acceptors (Lipinski definition) is 2. The summed E-state index contributed by atoms with van der Waals surface area (Å²) in [4.78, 5) is 0. The van der Waals surface area contributed by atoms with Crippen molar-refractivity contribution in [2.75, 3.05) is 11.6 Å². The maximum atomic E-state index is 3.43. The number of nitrogens with one attached hydrogen (secondary N) is 1. The lowest BCUT2D eigenvalue weighted by atomic mass is 10.3. The van der Waals surface area contributed by atoms with Crippen molar-refractivity contribution in [1.29, 1.82) is 0 Å². The summed E-state index contributed by atoms with van der Waals surface area (Å²) in [5, 5.41) is 2.00. The second kappa shape index (κ2) is 3.29. The van der Waals surface area contributed by atoms with Gasteiger partial charge in [0.05, 0.1) is 5.69 Å². The zero-order valence-electron chi connectivity index (χ0n) is 6.50. The second-order valence-electron chi connectivity index (χ2n) is 2.60. The molecule has 1 aromatic carbocycles. The van der Waals surface area contributed by atoms with Gasteiger partial charge in [-0.1, -0.05) is 28.1 Å². The molecule has 3 heteroatoms. The summed E-state index contributed by atoms with van der Waals surface area (Å²) >= 11 is 3.43. The lowest BCUT2D eigenvalue weighted by Gasteiger charge is -2.15. The first kappa shape index (κ1) is 7.83. The molecular weight excluding hydrogens is 216 g/mol. The van der Waals surface area contributed by atoms with Crippen LogP contribution in [-0.2, 0) is 0 Å². The predicted molar refractivity (Wildman–Crippen MR) is 53.8 cm³/mol. The Kier molecular flexibility index (Phi) is 2.15. The molecular formula is C9H9BrN2. The van der Waals surface area contributed by atoms with Crippen LogP contribution in [0.3, 0.4) is 0 Å². The van der Waals surface area contributed by atoms with E-state index < -0.39 is 0 Å². The lowest BCUT2D eigenvalue weighted by Crippen LogP contribution is -2.27. The molecule has 0 atom stereocenters. The van der Waals surface area contributed by atoms with Gasteiger partial charge in [-0.3, -0.25) is 5.01 Å². The molecule has 1 N–H and O–H groups in total. The normalized spacial score (nSPS) is 15.6. The van der Waals surface area contributed by atoms with Gasteiger partial charge in [0.1, 0.15) is 0 Å². The summed E-state index contributed by atoms with van der Waals surface area (Å²) < 4.78 is 1.10. The van der Waals surface area contributed by atoms with Gasteiger partial charge in [0, 0.05) is 17.2 Å². The minimum atomic E-state index is 0.909. The van der Waals surface area contributed by atoms with E-state index in [1.807, 2.05) is 23.3 Å². The highest BCUT2D eigenvalue weighted by atomic mass is 79.9. The van der Waals surface area contributed by atoms with E-state index in [4.69, 9.17) is 0 Å². The Morgan fingerprint density at radius 1 is 1.42 bits per heavy atom. The fourth-order valence-corrected chi connectivity index (χ4v) is 1.55. The minimum absolute atomic E-state index is 0.909. The highest BCUT2D eigenvalue weighted by Crippen LogP contribution is 2.19. The van der Waals surface area contributed by atoms with Gasteiger partial charge in [0.2, 0.25) is 0 Å². The monoisotopic (exact) mass is 224 g/mol. The molecule has 2 rings (SSSR count). The molecule has 0 fully saturated rings. The summed E-state index contributed by atoms with van der Waals surface area (Å²) in [6, 6.07) is 8.17. The van der Waals surface area contributed by atoms with Gasteiger partial charge in [-0.2, -0.15) is 0 Å². The molecule has 2 nitrogen and oxygen atoms in total. The van der Waals surface area contributed by atoms with Crippen LogP contribution in [0.25, 0.3) is 0 Å². The van der Waals surface area contributed by atoms with Gasteiger partial charge < -0.3 is 0 Å². The van der Waals surface area contributed by atoms with Gasteiger partial charge in [-0.05, 0) is 18.2 Å². The average Bonchev–Trinajstić information content (AvgIpc) is 2.56. The molecule has 0 saturated heterocycles. The Hall–Kier alpha value is -0.800. The number of nitrogens with zero attached hydrogens (tertiary/aromatic N) is 1. The molecule has 0 unspecified atom stereocenters. The molecule has 0 spiro atoms. The number of anilines is 1. The molecule has 12 heavy (non-hydrogen) atoms. The van der Waals surface area contributed by atoms with E-state index in [9.17, 15) is 0 Å². The molecule has 0 saturated carbocycles. The molecule has 0 radical (unpaired) electrons. The van der Waals surface area contributed by atoms with E-state index in [0.29, 0.717) is 0 Å². The molecule has 1 aromatic rings. The van der Waals surface area contributed by atoms with Crippen molar-refractivity contribution >= 4 is 21.6 Å². The van der Waals surface area contributed by atoms with Crippen molar-refractivity contribution in [3.8, 4) is 0 Å². The fourth-order valence-electron chi connectivity index (χ4n) is 1.17. The van der Waals surface area contributed by atoms with Crippen molar-refractivity contribution in [2.45, 2.75) is 0 Å². The molecule has 62 valence electrons. The summed E-state index contributed by atoms with van der Waals surface area (Å²) in [6.07, 6.45) is 4.11. The third-order valence-electron chi connectivity index (χ3n) is 1.72. The fraction of sp³-hybridized carbons (Fsp3) is 0.111. The molecule has 1 aliphatic heterocycles. The highest BCUT2D eigenvalue weighted by Gasteiger charge is 2.05. The largest absolute Gasteiger partial charge is 0.284 e. The van der Waals surface area contributed by atoms with E-state index in [-0.39, 0.29) is 0 Å². The van der Waals surface area contributed by atoms with Crippen LogP contribution in [0.15, 0.2) is 41.0 Å². The van der Waals surface area contributed by atoms with E-state index in [0.717, 1.165) is 16.7 Å². The zero-order valence-corrected chi connectivity index (χ0v) is 8.08. The molecule has 1 aliphatic rings. The highest BCUT2D eigenvalue weighted by molar-refractivity contribution is 9.10. The smallest absolute Gasteiger partial charge is 0.0581 e. The van der Waals surface area contributed by atoms with E-state index in [1.54, 1.807) is 0 Å². The molecule has 0 amide bonds. The Morgan fingerprint density at radius 2 is 2.33 bits per heavy atom. The van der Waals surface area contributed by atoms with Gasteiger partial charge in [0.25, 0.3) is 0 Å². The van der Waals surface area contributed by atoms with Crippen molar-refractivity contribution in [3.05, 3.63) is 41.0 Å². The Labute approximate surface area is 80.0 Å². The number of halogens is 1. The van der Waals surface area contributed by atoms with Crippen molar-refractivity contribution in [3.63, 3.8) is 0 Å². The number of rotatable bonds is 1. The third kappa shape index (κ3) is 1.52. The first-order valence-electron chi connectivity index (χ1n) is 3.81. The van der Waals surface area contributed by atoms with E-state index in [2.05, 4.69) is 39.6 Å². The molecule has 0 aromatic heterocycles. The van der Waals surface area contributed by atoms with Crippen molar-refractivity contribution < 1.29 is 0 Å². The van der Waals surface area contributed by atoms with Crippen molar-refractivity contribution in [1.82, 2.24) is 5.43 Å². The van der Waals surface area contributed by atoms with Crippen LogP contribution in [-0.4, -0.2) is 6.54 Å². The summed E-state index contributed by atoms with van der Waals surface area (Å²) in [5.74, 6) is 0. The van der Waals surface area contributed by atoms with Crippen LogP contribution < -0.4 is 10.4 Å². The minimum Gasteiger partial charge on any atom is -0.284 e. The van der Waals surface area contributed by atoms with Gasteiger partial charge in [-0.15, -0.1) is 0 Å². The summed E-state index contributed by atoms with van der Waals surface area (Å²) in [5.41, 5.74) is 4.35. The van der Waals surface area contributed by atoms with Crippen LogP contribution >= 0.6 is 15.9 Å². The van der Waals surface area contributed by atoms with Crippen molar-refractivity contribution in [2.24, 2.45) is 0 Å². The van der Waals surface area contributed by atoms with Gasteiger partial charge >= 0.3 is 0 Å². The Balaban J connectivity index is 2.27. The quantitative estimate of drug-likeness (QED) is 0.788.